The number of carbonyl (C=O) groups is 1. The van der Waals surface area contributed by atoms with Crippen LogP contribution in [0.25, 0.3) is 0 Å². The van der Waals surface area contributed by atoms with Crippen LogP contribution in [0, 0.1) is 22.7 Å². The van der Waals surface area contributed by atoms with Crippen molar-refractivity contribution in [1.82, 2.24) is 9.55 Å². The summed E-state index contributed by atoms with van der Waals surface area (Å²) in [7, 11) is 0. The van der Waals surface area contributed by atoms with E-state index in [0.29, 0.717) is 17.8 Å². The lowest BCUT2D eigenvalue weighted by atomic mass is 10.2. The number of hydrogen-bond acceptors (Lipinski definition) is 4. The highest BCUT2D eigenvalue weighted by atomic mass is 16.1. The lowest BCUT2D eigenvalue weighted by Gasteiger charge is -2.06. The molecule has 0 aliphatic rings. The first-order chi connectivity index (χ1) is 9.72. The number of imidazole rings is 1. The number of aromatic nitrogens is 2. The van der Waals surface area contributed by atoms with E-state index in [1.807, 2.05) is 12.1 Å². The van der Waals surface area contributed by atoms with E-state index in [4.69, 9.17) is 10.5 Å². The fourth-order valence-corrected chi connectivity index (χ4v) is 1.68. The van der Waals surface area contributed by atoms with Gasteiger partial charge in [0.15, 0.2) is 0 Å². The van der Waals surface area contributed by atoms with Gasteiger partial charge in [-0.3, -0.25) is 4.79 Å². The third-order valence-electron chi connectivity index (χ3n) is 2.69. The van der Waals surface area contributed by atoms with Crippen LogP contribution < -0.4 is 5.32 Å². The summed E-state index contributed by atoms with van der Waals surface area (Å²) >= 11 is 0. The number of carbonyl (C=O) groups excluding carboxylic acids is 1. The molecule has 1 aromatic carbocycles. The van der Waals surface area contributed by atoms with E-state index in [1.165, 1.54) is 6.20 Å². The zero-order valence-electron chi connectivity index (χ0n) is 10.6. The summed E-state index contributed by atoms with van der Waals surface area (Å²) in [5.41, 5.74) is 1.18. The average molecular weight is 265 g/mol. The molecule has 0 aliphatic carbocycles. The minimum atomic E-state index is -0.160. The van der Waals surface area contributed by atoms with Gasteiger partial charge >= 0.3 is 0 Å². The number of nitrogens with zero attached hydrogens (tertiary/aromatic N) is 4. The molecule has 0 spiro atoms. The Balaban J connectivity index is 1.90. The molecule has 2 rings (SSSR count). The van der Waals surface area contributed by atoms with Crippen LogP contribution in [0.2, 0.25) is 0 Å². The molecule has 0 atom stereocenters. The normalized spacial score (nSPS) is 9.50. The molecule has 0 saturated carbocycles. The highest BCUT2D eigenvalue weighted by molar-refractivity contribution is 5.90. The smallest absolute Gasteiger partial charge is 0.226 e. The fraction of sp³-hybridized carbons (Fsp3) is 0.143. The van der Waals surface area contributed by atoms with Crippen molar-refractivity contribution in [3.63, 3.8) is 0 Å². The molecule has 98 valence electrons. The molecule has 20 heavy (non-hydrogen) atoms. The van der Waals surface area contributed by atoms with Gasteiger partial charge in [-0.2, -0.15) is 10.5 Å². The minimum absolute atomic E-state index is 0.160. The van der Waals surface area contributed by atoms with Gasteiger partial charge in [0, 0.05) is 31.0 Å². The van der Waals surface area contributed by atoms with Gasteiger partial charge in [0.05, 0.1) is 11.6 Å². The summed E-state index contributed by atoms with van der Waals surface area (Å²) < 4.78 is 1.62. The first-order valence-corrected chi connectivity index (χ1v) is 5.94. The van der Waals surface area contributed by atoms with Crippen molar-refractivity contribution >= 4 is 11.6 Å². The van der Waals surface area contributed by atoms with Crippen molar-refractivity contribution in [2.24, 2.45) is 0 Å². The van der Waals surface area contributed by atoms with E-state index >= 15 is 0 Å². The number of aryl methyl sites for hydroxylation is 1. The first kappa shape index (κ1) is 13.3. The van der Waals surface area contributed by atoms with Gasteiger partial charge in [-0.05, 0) is 24.3 Å². The first-order valence-electron chi connectivity index (χ1n) is 5.94. The van der Waals surface area contributed by atoms with Crippen LogP contribution in [0.4, 0.5) is 5.69 Å². The van der Waals surface area contributed by atoms with Gasteiger partial charge in [0.1, 0.15) is 6.07 Å². The Morgan fingerprint density at radius 2 is 2.00 bits per heavy atom. The van der Waals surface area contributed by atoms with Crippen molar-refractivity contribution in [1.29, 1.82) is 10.5 Å². The Kier molecular flexibility index (Phi) is 4.10. The van der Waals surface area contributed by atoms with Gasteiger partial charge in [-0.25, -0.2) is 4.98 Å². The summed E-state index contributed by atoms with van der Waals surface area (Å²) in [6, 6.07) is 10.6. The standard InChI is InChI=1S/C14H11N5O/c15-9-11-1-3-12(4-2-11)18-14(20)5-7-19-8-6-17-13(19)10-16/h1-4,6,8H,5,7H2,(H,18,20). The number of nitriles is 2. The fourth-order valence-electron chi connectivity index (χ4n) is 1.68. The van der Waals surface area contributed by atoms with Crippen molar-refractivity contribution in [2.75, 3.05) is 5.32 Å². The Hall–Kier alpha value is -3.12. The summed E-state index contributed by atoms with van der Waals surface area (Å²) in [4.78, 5) is 15.6. The molecule has 0 unspecified atom stereocenters. The maximum atomic E-state index is 11.8. The van der Waals surface area contributed by atoms with E-state index in [-0.39, 0.29) is 18.2 Å². The molecule has 0 radical (unpaired) electrons. The molecule has 6 nitrogen and oxygen atoms in total. The van der Waals surface area contributed by atoms with Crippen LogP contribution in [-0.2, 0) is 11.3 Å². The third-order valence-corrected chi connectivity index (χ3v) is 2.69. The summed E-state index contributed by atoms with van der Waals surface area (Å²) in [5.74, 6) is 0.128. The predicted molar refractivity (Wildman–Crippen MR) is 71.3 cm³/mol. The predicted octanol–water partition coefficient (Wildman–Crippen LogP) is 1.66. The van der Waals surface area contributed by atoms with Gasteiger partial charge in [-0.1, -0.05) is 0 Å². The van der Waals surface area contributed by atoms with E-state index in [1.54, 1.807) is 35.0 Å². The van der Waals surface area contributed by atoms with Crippen LogP contribution in [0.3, 0.4) is 0 Å². The quantitative estimate of drug-likeness (QED) is 0.909. The Bertz CT molecular complexity index is 688. The topological polar surface area (TPSA) is 94.5 Å². The lowest BCUT2D eigenvalue weighted by Crippen LogP contribution is -2.14. The molecule has 0 bridgehead atoms. The van der Waals surface area contributed by atoms with E-state index in [2.05, 4.69) is 10.3 Å². The lowest BCUT2D eigenvalue weighted by molar-refractivity contribution is -0.116. The average Bonchev–Trinajstić information content (AvgIpc) is 2.93. The highest BCUT2D eigenvalue weighted by Crippen LogP contribution is 2.09. The van der Waals surface area contributed by atoms with Crippen LogP contribution in [-0.4, -0.2) is 15.5 Å². The molecule has 1 amide bonds. The number of benzene rings is 1. The Morgan fingerprint density at radius 1 is 1.25 bits per heavy atom. The zero-order valence-corrected chi connectivity index (χ0v) is 10.6. The molecule has 1 N–H and O–H groups in total. The molecule has 0 aliphatic heterocycles. The Morgan fingerprint density at radius 3 is 2.65 bits per heavy atom. The van der Waals surface area contributed by atoms with Crippen molar-refractivity contribution in [3.8, 4) is 12.1 Å². The maximum absolute atomic E-state index is 11.8. The molecular weight excluding hydrogens is 254 g/mol. The van der Waals surface area contributed by atoms with Crippen LogP contribution in [0.5, 0.6) is 0 Å². The van der Waals surface area contributed by atoms with E-state index < -0.39 is 0 Å². The van der Waals surface area contributed by atoms with Crippen LogP contribution in [0.1, 0.15) is 17.8 Å². The summed E-state index contributed by atoms with van der Waals surface area (Å²) in [6.45, 7) is 0.394. The van der Waals surface area contributed by atoms with Crippen molar-refractivity contribution in [3.05, 3.63) is 48.0 Å². The van der Waals surface area contributed by atoms with Crippen LogP contribution >= 0.6 is 0 Å². The largest absolute Gasteiger partial charge is 0.326 e. The van der Waals surface area contributed by atoms with Gasteiger partial charge in [0.2, 0.25) is 11.7 Å². The van der Waals surface area contributed by atoms with Gasteiger partial charge < -0.3 is 9.88 Å². The van der Waals surface area contributed by atoms with Gasteiger partial charge in [-0.15, -0.1) is 0 Å². The molecule has 0 saturated heterocycles. The molecule has 0 fully saturated rings. The molecule has 1 heterocycles. The van der Waals surface area contributed by atoms with Gasteiger partial charge in [0.25, 0.3) is 0 Å². The van der Waals surface area contributed by atoms with Crippen LogP contribution in [0.15, 0.2) is 36.7 Å². The number of rotatable bonds is 4. The van der Waals surface area contributed by atoms with Crippen molar-refractivity contribution in [2.45, 2.75) is 13.0 Å². The number of hydrogen-bond donors (Lipinski definition) is 1. The summed E-state index contributed by atoms with van der Waals surface area (Å²) in [5, 5.41) is 20.2. The molecule has 6 heteroatoms. The summed E-state index contributed by atoms with van der Waals surface area (Å²) in [6.07, 6.45) is 3.43. The van der Waals surface area contributed by atoms with E-state index in [0.717, 1.165) is 0 Å². The monoisotopic (exact) mass is 265 g/mol. The van der Waals surface area contributed by atoms with Crippen molar-refractivity contribution < 1.29 is 4.79 Å². The number of nitrogens with one attached hydrogen (secondary N) is 1. The number of anilines is 1. The second kappa shape index (κ2) is 6.17. The van der Waals surface area contributed by atoms with E-state index in [9.17, 15) is 4.79 Å². The SMILES string of the molecule is N#Cc1ccc(NC(=O)CCn2ccnc2C#N)cc1. The molecule has 1 aromatic heterocycles. The number of amides is 1. The highest BCUT2D eigenvalue weighted by Gasteiger charge is 2.06. The zero-order chi connectivity index (χ0) is 14.4. The molecule has 2 aromatic rings. The minimum Gasteiger partial charge on any atom is -0.326 e. The third kappa shape index (κ3) is 3.21. The Labute approximate surface area is 115 Å². The maximum Gasteiger partial charge on any atom is 0.226 e. The molecular formula is C14H11N5O. The second-order valence-electron chi connectivity index (χ2n) is 4.04. The second-order valence-corrected chi connectivity index (χ2v) is 4.04.